The van der Waals surface area contributed by atoms with Gasteiger partial charge >= 0.3 is 0 Å². The van der Waals surface area contributed by atoms with E-state index in [2.05, 4.69) is 15.3 Å². The van der Waals surface area contributed by atoms with Gasteiger partial charge in [-0.15, -0.1) is 0 Å². The number of carbonyl (C=O) groups excluding carboxylic acids is 1. The number of nitrogens with one attached hydrogen (secondary N) is 1. The average molecular weight is 228 g/mol. The lowest BCUT2D eigenvalue weighted by Gasteiger charge is -2.04. The normalized spacial score (nSPS) is 9.94. The first-order valence-corrected chi connectivity index (χ1v) is 5.11. The quantitative estimate of drug-likeness (QED) is 0.818. The Balaban J connectivity index is 2.17. The smallest absolute Gasteiger partial charge is 0.275 e. The van der Waals surface area contributed by atoms with E-state index in [9.17, 15) is 4.79 Å². The highest BCUT2D eigenvalue weighted by atomic mass is 16.1. The molecule has 0 radical (unpaired) electrons. The predicted molar refractivity (Wildman–Crippen MR) is 65.6 cm³/mol. The van der Waals surface area contributed by atoms with Crippen molar-refractivity contribution in [3.05, 3.63) is 47.9 Å². The highest BCUT2D eigenvalue weighted by Gasteiger charge is 2.08. The third kappa shape index (κ3) is 2.78. The predicted octanol–water partition coefficient (Wildman–Crippen LogP) is 1.62. The van der Waals surface area contributed by atoms with Gasteiger partial charge in [0.25, 0.3) is 5.91 Å². The van der Waals surface area contributed by atoms with Crippen molar-refractivity contribution in [1.82, 2.24) is 9.97 Å². The van der Waals surface area contributed by atoms with Gasteiger partial charge in [0.2, 0.25) is 0 Å². The fraction of sp³-hybridized carbons (Fsp3) is 0.0833. The molecule has 0 bridgehead atoms. The van der Waals surface area contributed by atoms with E-state index in [0.29, 0.717) is 11.5 Å². The molecule has 0 spiro atoms. The molecule has 0 saturated heterocycles. The van der Waals surface area contributed by atoms with E-state index in [4.69, 9.17) is 5.73 Å². The molecule has 0 saturated carbocycles. The van der Waals surface area contributed by atoms with Gasteiger partial charge in [-0.1, -0.05) is 0 Å². The molecule has 0 aliphatic rings. The number of anilines is 2. The Labute approximate surface area is 98.7 Å². The van der Waals surface area contributed by atoms with E-state index in [-0.39, 0.29) is 11.6 Å². The second-order valence-corrected chi connectivity index (χ2v) is 3.65. The Bertz CT molecular complexity index is 554. The van der Waals surface area contributed by atoms with E-state index in [1.54, 1.807) is 18.3 Å². The lowest BCUT2D eigenvalue weighted by molar-refractivity contribution is 0.102. The first-order valence-electron chi connectivity index (χ1n) is 5.11. The third-order valence-electron chi connectivity index (χ3n) is 2.17. The number of aromatic nitrogens is 2. The van der Waals surface area contributed by atoms with Crippen LogP contribution in [0.2, 0.25) is 0 Å². The molecule has 2 heterocycles. The van der Waals surface area contributed by atoms with Crippen LogP contribution in [0.4, 0.5) is 11.5 Å². The maximum absolute atomic E-state index is 11.8. The first-order chi connectivity index (χ1) is 8.15. The molecule has 2 aromatic heterocycles. The number of nitrogens with zero attached hydrogens (tertiary/aromatic N) is 2. The molecule has 17 heavy (non-hydrogen) atoms. The van der Waals surface area contributed by atoms with Crippen LogP contribution in [-0.4, -0.2) is 15.9 Å². The van der Waals surface area contributed by atoms with Gasteiger partial charge < -0.3 is 11.1 Å². The minimum atomic E-state index is -0.324. The third-order valence-corrected chi connectivity index (χ3v) is 2.17. The van der Waals surface area contributed by atoms with Crippen LogP contribution >= 0.6 is 0 Å². The number of nitrogen functional groups attached to an aromatic ring is 1. The Hall–Kier alpha value is -2.43. The van der Waals surface area contributed by atoms with Gasteiger partial charge in [-0.2, -0.15) is 0 Å². The van der Waals surface area contributed by atoms with Gasteiger partial charge in [0.1, 0.15) is 11.5 Å². The molecule has 1 amide bonds. The molecule has 0 unspecified atom stereocenters. The van der Waals surface area contributed by atoms with Gasteiger partial charge in [-0.3, -0.25) is 9.78 Å². The second-order valence-electron chi connectivity index (χ2n) is 3.65. The van der Waals surface area contributed by atoms with Crippen LogP contribution in [0.25, 0.3) is 0 Å². The van der Waals surface area contributed by atoms with Crippen LogP contribution in [0.3, 0.4) is 0 Å². The summed E-state index contributed by atoms with van der Waals surface area (Å²) in [4.78, 5) is 19.8. The molecule has 5 nitrogen and oxygen atoms in total. The molecule has 5 heteroatoms. The Morgan fingerprint density at radius 3 is 2.71 bits per heavy atom. The molecule has 0 atom stereocenters. The zero-order valence-corrected chi connectivity index (χ0v) is 9.34. The zero-order chi connectivity index (χ0) is 12.3. The van der Waals surface area contributed by atoms with Crippen molar-refractivity contribution in [1.29, 1.82) is 0 Å². The average Bonchev–Trinajstić information content (AvgIpc) is 2.29. The van der Waals surface area contributed by atoms with Crippen molar-refractivity contribution in [2.75, 3.05) is 11.1 Å². The number of nitrogens with two attached hydrogens (primary N) is 1. The van der Waals surface area contributed by atoms with Crippen LogP contribution in [0.15, 0.2) is 36.7 Å². The van der Waals surface area contributed by atoms with Crippen LogP contribution in [0.1, 0.15) is 16.1 Å². The number of hydrogen-bond acceptors (Lipinski definition) is 4. The summed E-state index contributed by atoms with van der Waals surface area (Å²) >= 11 is 0. The molecule has 2 aromatic rings. The molecule has 3 N–H and O–H groups in total. The standard InChI is InChI=1S/C12H12N4O/c1-8-2-4-15-11(6-8)16-12(17)10-7-9(13)3-5-14-10/h2-7H,1H3,(H2,13,14)(H,15,16,17). The van der Waals surface area contributed by atoms with Gasteiger partial charge in [-0.05, 0) is 36.8 Å². The fourth-order valence-electron chi connectivity index (χ4n) is 1.36. The van der Waals surface area contributed by atoms with E-state index >= 15 is 0 Å². The molecule has 0 aromatic carbocycles. The van der Waals surface area contributed by atoms with Crippen LogP contribution in [0.5, 0.6) is 0 Å². The highest BCUT2D eigenvalue weighted by molar-refractivity contribution is 6.02. The minimum Gasteiger partial charge on any atom is -0.399 e. The summed E-state index contributed by atoms with van der Waals surface area (Å²) in [6.07, 6.45) is 3.13. The molecule has 0 aliphatic heterocycles. The molecule has 2 rings (SSSR count). The van der Waals surface area contributed by atoms with Crippen LogP contribution < -0.4 is 11.1 Å². The molecular formula is C12H12N4O. The van der Waals surface area contributed by atoms with Crippen molar-refractivity contribution >= 4 is 17.4 Å². The maximum atomic E-state index is 11.8. The summed E-state index contributed by atoms with van der Waals surface area (Å²) in [6.45, 7) is 1.93. The van der Waals surface area contributed by atoms with Crippen LogP contribution in [0, 0.1) is 6.92 Å². The Morgan fingerprint density at radius 1 is 1.24 bits per heavy atom. The number of amides is 1. The molecular weight excluding hydrogens is 216 g/mol. The second kappa shape index (κ2) is 4.61. The van der Waals surface area contributed by atoms with E-state index < -0.39 is 0 Å². The fourth-order valence-corrected chi connectivity index (χ4v) is 1.36. The van der Waals surface area contributed by atoms with Crippen molar-refractivity contribution in [2.45, 2.75) is 6.92 Å². The Morgan fingerprint density at radius 2 is 2.00 bits per heavy atom. The summed E-state index contributed by atoms with van der Waals surface area (Å²) in [5, 5.41) is 2.66. The van der Waals surface area contributed by atoms with E-state index in [1.165, 1.54) is 12.3 Å². The SMILES string of the molecule is Cc1ccnc(NC(=O)c2cc(N)ccn2)c1. The van der Waals surface area contributed by atoms with Gasteiger partial charge in [0, 0.05) is 18.1 Å². The topological polar surface area (TPSA) is 80.9 Å². The van der Waals surface area contributed by atoms with E-state index in [0.717, 1.165) is 5.56 Å². The van der Waals surface area contributed by atoms with Gasteiger partial charge in [0.15, 0.2) is 0 Å². The van der Waals surface area contributed by atoms with Gasteiger partial charge in [-0.25, -0.2) is 4.98 Å². The lowest BCUT2D eigenvalue weighted by atomic mass is 10.3. The monoisotopic (exact) mass is 228 g/mol. The van der Waals surface area contributed by atoms with Crippen LogP contribution in [-0.2, 0) is 0 Å². The van der Waals surface area contributed by atoms with E-state index in [1.807, 2.05) is 13.0 Å². The Kier molecular flexibility index (Phi) is 3.00. The summed E-state index contributed by atoms with van der Waals surface area (Å²) < 4.78 is 0. The van der Waals surface area contributed by atoms with Gasteiger partial charge in [0.05, 0.1) is 0 Å². The minimum absolute atomic E-state index is 0.272. The number of aryl methyl sites for hydroxylation is 1. The number of carbonyl (C=O) groups is 1. The first kappa shape index (κ1) is 11.1. The zero-order valence-electron chi connectivity index (χ0n) is 9.34. The number of pyridine rings is 2. The highest BCUT2D eigenvalue weighted by Crippen LogP contribution is 2.08. The molecule has 0 aliphatic carbocycles. The van der Waals surface area contributed by atoms with Crippen molar-refractivity contribution in [3.63, 3.8) is 0 Å². The maximum Gasteiger partial charge on any atom is 0.275 e. The summed E-state index contributed by atoms with van der Waals surface area (Å²) in [5.74, 6) is 0.176. The number of rotatable bonds is 2. The lowest BCUT2D eigenvalue weighted by Crippen LogP contribution is -2.14. The molecule has 0 fully saturated rings. The summed E-state index contributed by atoms with van der Waals surface area (Å²) in [6, 6.07) is 6.78. The molecule has 86 valence electrons. The summed E-state index contributed by atoms with van der Waals surface area (Å²) in [7, 11) is 0. The summed E-state index contributed by atoms with van der Waals surface area (Å²) in [5.41, 5.74) is 7.38. The largest absolute Gasteiger partial charge is 0.399 e. The van der Waals surface area contributed by atoms with Crippen molar-refractivity contribution in [3.8, 4) is 0 Å². The van der Waals surface area contributed by atoms with Crippen molar-refractivity contribution in [2.24, 2.45) is 0 Å². The van der Waals surface area contributed by atoms with Crippen molar-refractivity contribution < 1.29 is 4.79 Å². The number of hydrogen-bond donors (Lipinski definition) is 2.